The van der Waals surface area contributed by atoms with Crippen molar-refractivity contribution >= 4 is 40.6 Å². The maximum Gasteiger partial charge on any atom is 0.252 e. The Morgan fingerprint density at radius 3 is 2.52 bits per heavy atom. The first-order valence-electron chi connectivity index (χ1n) is 7.54. The second-order valence-electron chi connectivity index (χ2n) is 5.48. The van der Waals surface area contributed by atoms with E-state index in [1.807, 2.05) is 44.6 Å². The van der Waals surface area contributed by atoms with Gasteiger partial charge < -0.3 is 10.2 Å². The molecule has 0 saturated carbocycles. The van der Waals surface area contributed by atoms with Crippen LogP contribution in [0.15, 0.2) is 39.7 Å². The molecule has 23 heavy (non-hydrogen) atoms. The van der Waals surface area contributed by atoms with E-state index < -0.39 is 0 Å². The van der Waals surface area contributed by atoms with E-state index in [2.05, 4.69) is 5.32 Å². The lowest BCUT2D eigenvalue weighted by atomic mass is 10.0. The number of amides is 2. The summed E-state index contributed by atoms with van der Waals surface area (Å²) < 4.78 is 0. The number of carbonyl (C=O) groups is 2. The Bertz CT molecular complexity index is 670. The van der Waals surface area contributed by atoms with Crippen molar-refractivity contribution in [3.63, 3.8) is 0 Å². The van der Waals surface area contributed by atoms with Crippen LogP contribution in [0.5, 0.6) is 0 Å². The van der Waals surface area contributed by atoms with Crippen molar-refractivity contribution in [2.75, 3.05) is 13.1 Å². The van der Waals surface area contributed by atoms with Crippen LogP contribution in [0, 0.1) is 0 Å². The highest BCUT2D eigenvalue weighted by Gasteiger charge is 2.23. The minimum absolute atomic E-state index is 0.0200. The van der Waals surface area contributed by atoms with Crippen LogP contribution >= 0.6 is 22.7 Å². The first-order chi connectivity index (χ1) is 11.2. The van der Waals surface area contributed by atoms with E-state index in [9.17, 15) is 9.59 Å². The van der Waals surface area contributed by atoms with Gasteiger partial charge in [-0.25, -0.2) is 0 Å². The van der Waals surface area contributed by atoms with Gasteiger partial charge in [0, 0.05) is 36.2 Å². The second kappa shape index (κ2) is 7.57. The molecule has 120 valence electrons. The maximum atomic E-state index is 12.2. The summed E-state index contributed by atoms with van der Waals surface area (Å²) in [5.74, 6) is 0.0205. The summed E-state index contributed by atoms with van der Waals surface area (Å²) in [6.07, 6.45) is 5.08. The number of hydrogen-bond donors (Lipinski definition) is 1. The quantitative estimate of drug-likeness (QED) is 0.864. The Labute approximate surface area is 143 Å². The Balaban J connectivity index is 1.46. The topological polar surface area (TPSA) is 49.4 Å². The van der Waals surface area contributed by atoms with Gasteiger partial charge in [0.05, 0.1) is 0 Å². The summed E-state index contributed by atoms with van der Waals surface area (Å²) in [4.78, 5) is 26.0. The summed E-state index contributed by atoms with van der Waals surface area (Å²) in [7, 11) is 0. The molecule has 3 heterocycles. The number of nitrogens with zero attached hydrogens (tertiary/aromatic N) is 1. The third kappa shape index (κ3) is 4.30. The zero-order valence-corrected chi connectivity index (χ0v) is 14.2. The number of thiophene rings is 2. The van der Waals surface area contributed by atoms with Crippen molar-refractivity contribution in [2.24, 2.45) is 0 Å². The number of carbonyl (C=O) groups excluding carboxylic acids is 2. The van der Waals surface area contributed by atoms with Crippen LogP contribution in [0.1, 0.15) is 28.8 Å². The monoisotopic (exact) mass is 346 g/mol. The molecule has 1 N–H and O–H groups in total. The number of hydrogen-bond acceptors (Lipinski definition) is 4. The fourth-order valence-corrected chi connectivity index (χ4v) is 3.81. The molecule has 0 atom stereocenters. The zero-order valence-electron chi connectivity index (χ0n) is 12.6. The maximum absolute atomic E-state index is 12.2. The van der Waals surface area contributed by atoms with Crippen molar-refractivity contribution in [2.45, 2.75) is 18.9 Å². The van der Waals surface area contributed by atoms with Gasteiger partial charge in [-0.3, -0.25) is 9.59 Å². The minimum Gasteiger partial charge on any atom is -0.349 e. The molecule has 0 spiro atoms. The van der Waals surface area contributed by atoms with Gasteiger partial charge in [-0.1, -0.05) is 0 Å². The highest BCUT2D eigenvalue weighted by atomic mass is 32.1. The Kier molecular flexibility index (Phi) is 5.25. The van der Waals surface area contributed by atoms with Crippen LogP contribution in [-0.2, 0) is 4.79 Å². The summed E-state index contributed by atoms with van der Waals surface area (Å²) >= 11 is 3.13. The largest absolute Gasteiger partial charge is 0.349 e. The van der Waals surface area contributed by atoms with Crippen molar-refractivity contribution in [3.05, 3.63) is 50.9 Å². The van der Waals surface area contributed by atoms with Gasteiger partial charge in [0.2, 0.25) is 5.91 Å². The van der Waals surface area contributed by atoms with Crippen molar-refractivity contribution < 1.29 is 9.59 Å². The average molecular weight is 346 g/mol. The standard InChI is InChI=1S/C17H18N2O2S2/c20-16(2-1-13-5-9-22-11-13)19-7-3-15(4-8-19)18-17(21)14-6-10-23-12-14/h1-2,5-6,9-12,15H,3-4,7-8H2,(H,18,21)/b2-1+. The summed E-state index contributed by atoms with van der Waals surface area (Å²) in [5, 5.41) is 10.8. The van der Waals surface area contributed by atoms with E-state index in [4.69, 9.17) is 0 Å². The van der Waals surface area contributed by atoms with E-state index in [0.717, 1.165) is 18.4 Å². The smallest absolute Gasteiger partial charge is 0.252 e. The molecule has 1 fully saturated rings. The molecule has 0 aliphatic carbocycles. The molecule has 2 amide bonds. The van der Waals surface area contributed by atoms with Gasteiger partial charge in [0.1, 0.15) is 0 Å². The van der Waals surface area contributed by atoms with E-state index >= 15 is 0 Å². The molecule has 1 aliphatic rings. The Hall–Kier alpha value is -1.92. The minimum atomic E-state index is -0.0200. The van der Waals surface area contributed by atoms with Crippen LogP contribution in [0.3, 0.4) is 0 Å². The molecule has 6 heteroatoms. The number of likely N-dealkylation sites (tertiary alicyclic amines) is 1. The van der Waals surface area contributed by atoms with Gasteiger partial charge in [-0.15, -0.1) is 0 Å². The van der Waals surface area contributed by atoms with Gasteiger partial charge in [-0.2, -0.15) is 22.7 Å². The van der Waals surface area contributed by atoms with Crippen LogP contribution in [-0.4, -0.2) is 35.8 Å². The molecule has 3 rings (SSSR count). The second-order valence-corrected chi connectivity index (χ2v) is 7.04. The number of nitrogens with one attached hydrogen (secondary N) is 1. The van der Waals surface area contributed by atoms with E-state index in [1.54, 1.807) is 17.4 Å². The molecule has 2 aromatic rings. The normalized spacial score (nSPS) is 15.9. The first kappa shape index (κ1) is 16.0. The third-order valence-corrected chi connectivity index (χ3v) is 5.27. The molecule has 0 radical (unpaired) electrons. The zero-order chi connectivity index (χ0) is 16.1. The molecule has 2 aromatic heterocycles. The predicted octanol–water partition coefficient (Wildman–Crippen LogP) is 3.24. The predicted molar refractivity (Wildman–Crippen MR) is 94.7 cm³/mol. The molecule has 1 saturated heterocycles. The van der Waals surface area contributed by atoms with Crippen molar-refractivity contribution in [1.82, 2.24) is 10.2 Å². The summed E-state index contributed by atoms with van der Waals surface area (Å²) in [6, 6.07) is 3.96. The van der Waals surface area contributed by atoms with Crippen LogP contribution in [0.25, 0.3) is 6.08 Å². The van der Waals surface area contributed by atoms with Gasteiger partial charge in [0.15, 0.2) is 0 Å². The Morgan fingerprint density at radius 2 is 1.87 bits per heavy atom. The van der Waals surface area contributed by atoms with Gasteiger partial charge in [0.25, 0.3) is 5.91 Å². The van der Waals surface area contributed by atoms with Crippen LogP contribution in [0.4, 0.5) is 0 Å². The number of rotatable bonds is 4. The van der Waals surface area contributed by atoms with Crippen molar-refractivity contribution in [3.8, 4) is 0 Å². The van der Waals surface area contributed by atoms with E-state index in [1.165, 1.54) is 11.3 Å². The molecule has 0 bridgehead atoms. The molecule has 0 unspecified atom stereocenters. The molecule has 0 aromatic carbocycles. The summed E-state index contributed by atoms with van der Waals surface area (Å²) in [6.45, 7) is 1.36. The van der Waals surface area contributed by atoms with Gasteiger partial charge in [-0.05, 0) is 52.8 Å². The lowest BCUT2D eigenvalue weighted by molar-refractivity contribution is -0.126. The lowest BCUT2D eigenvalue weighted by Crippen LogP contribution is -2.46. The van der Waals surface area contributed by atoms with Crippen LogP contribution < -0.4 is 5.32 Å². The molecule has 4 nitrogen and oxygen atoms in total. The molecule has 1 aliphatic heterocycles. The van der Waals surface area contributed by atoms with Crippen LogP contribution in [0.2, 0.25) is 0 Å². The fourth-order valence-electron chi connectivity index (χ4n) is 2.55. The van der Waals surface area contributed by atoms with Gasteiger partial charge >= 0.3 is 0 Å². The first-order valence-corrected chi connectivity index (χ1v) is 9.43. The summed E-state index contributed by atoms with van der Waals surface area (Å²) in [5.41, 5.74) is 1.77. The molecular weight excluding hydrogens is 328 g/mol. The average Bonchev–Trinajstić information content (AvgIpc) is 3.26. The van der Waals surface area contributed by atoms with E-state index in [-0.39, 0.29) is 17.9 Å². The Morgan fingerprint density at radius 1 is 1.13 bits per heavy atom. The highest BCUT2D eigenvalue weighted by molar-refractivity contribution is 7.08. The van der Waals surface area contributed by atoms with E-state index in [0.29, 0.717) is 18.7 Å². The lowest BCUT2D eigenvalue weighted by Gasteiger charge is -2.31. The third-order valence-electron chi connectivity index (χ3n) is 3.89. The number of piperidine rings is 1. The molecular formula is C17H18N2O2S2. The highest BCUT2D eigenvalue weighted by Crippen LogP contribution is 2.14. The SMILES string of the molecule is O=C(NC1CCN(C(=O)/C=C/c2ccsc2)CC1)c1ccsc1. The van der Waals surface area contributed by atoms with Crippen molar-refractivity contribution in [1.29, 1.82) is 0 Å². The fraction of sp³-hybridized carbons (Fsp3) is 0.294.